The zero-order valence-electron chi connectivity index (χ0n) is 20.0. The number of benzene rings is 3. The van der Waals surface area contributed by atoms with Gasteiger partial charge in [0.1, 0.15) is 17.7 Å². The fourth-order valence-corrected chi connectivity index (χ4v) is 4.43. The van der Waals surface area contributed by atoms with Gasteiger partial charge in [0, 0.05) is 23.4 Å². The van der Waals surface area contributed by atoms with Gasteiger partial charge >= 0.3 is 0 Å². The summed E-state index contributed by atoms with van der Waals surface area (Å²) < 4.78 is 28.9. The third-order valence-electron chi connectivity index (χ3n) is 6.12. The normalized spacial score (nSPS) is 15.0. The van der Waals surface area contributed by atoms with E-state index in [0.29, 0.717) is 0 Å². The lowest BCUT2D eigenvalue weighted by Crippen LogP contribution is -2.46. The highest BCUT2D eigenvalue weighted by atomic mass is 19.1. The molecule has 0 saturated carbocycles. The van der Waals surface area contributed by atoms with Crippen LogP contribution in [0.4, 0.5) is 8.78 Å². The number of aromatic nitrogens is 1. The van der Waals surface area contributed by atoms with Gasteiger partial charge in [-0.3, -0.25) is 14.6 Å². The van der Waals surface area contributed by atoms with Crippen LogP contribution in [-0.2, 0) is 16.0 Å². The van der Waals surface area contributed by atoms with E-state index in [0.717, 1.165) is 46.4 Å². The number of amides is 2. The molecular weight excluding hydrogens is 474 g/mol. The van der Waals surface area contributed by atoms with E-state index in [1.165, 1.54) is 0 Å². The van der Waals surface area contributed by atoms with Crippen molar-refractivity contribution in [2.24, 2.45) is 4.99 Å². The number of nitrogens with zero attached hydrogens (tertiary/aromatic N) is 2. The Morgan fingerprint density at radius 3 is 2.41 bits per heavy atom. The van der Waals surface area contributed by atoms with Gasteiger partial charge in [-0.15, -0.1) is 0 Å². The molecule has 37 heavy (non-hydrogen) atoms. The molecule has 0 bridgehead atoms. The number of fused-ring (bicyclic) bond motifs is 3. The van der Waals surface area contributed by atoms with Crippen molar-refractivity contribution in [1.82, 2.24) is 15.2 Å². The maximum atomic E-state index is 13.5. The Labute approximate surface area is 212 Å². The van der Waals surface area contributed by atoms with Gasteiger partial charge in [0.25, 0.3) is 0 Å². The Morgan fingerprint density at radius 2 is 1.65 bits per heavy atom. The summed E-state index contributed by atoms with van der Waals surface area (Å²) in [5, 5.41) is 5.54. The number of halogens is 2. The Hall–Kier alpha value is -4.59. The highest BCUT2D eigenvalue weighted by Crippen LogP contribution is 2.30. The lowest BCUT2D eigenvalue weighted by Gasteiger charge is -2.20. The number of para-hydroxylation sites is 1. The summed E-state index contributed by atoms with van der Waals surface area (Å²) in [5.41, 5.74) is 4.44. The first-order chi connectivity index (χ1) is 17.9. The van der Waals surface area contributed by atoms with E-state index in [1.54, 1.807) is 6.92 Å². The van der Waals surface area contributed by atoms with Crippen molar-refractivity contribution in [2.45, 2.75) is 25.6 Å². The summed E-state index contributed by atoms with van der Waals surface area (Å²) >= 11 is 0. The predicted molar refractivity (Wildman–Crippen MR) is 136 cm³/mol. The first kappa shape index (κ1) is 24.1. The van der Waals surface area contributed by atoms with Crippen molar-refractivity contribution in [3.63, 3.8) is 0 Å². The standard InChI is InChI=1S/C29H24F2N4O2/c1-18(32-26(36)16-19-14-21(30)17-22(31)15-19)29(37)34-28-25-12-7-13-35(25)24-11-6-5-10-23(24)27(33-28)20-8-3-2-4-9-20/h2-15,17-18,28H,16H2,1H3,(H,32,36)(H,34,37). The Morgan fingerprint density at radius 1 is 0.946 bits per heavy atom. The van der Waals surface area contributed by atoms with Crippen LogP contribution in [-0.4, -0.2) is 28.1 Å². The molecule has 2 amide bonds. The Bertz CT molecular complexity index is 1480. The highest BCUT2D eigenvalue weighted by molar-refractivity contribution is 6.15. The minimum absolute atomic E-state index is 0.180. The van der Waals surface area contributed by atoms with Crippen LogP contribution < -0.4 is 10.6 Å². The molecule has 0 saturated heterocycles. The second-order valence-corrected chi connectivity index (χ2v) is 8.82. The number of carbonyl (C=O) groups is 2. The van der Waals surface area contributed by atoms with E-state index in [2.05, 4.69) is 10.6 Å². The van der Waals surface area contributed by atoms with E-state index >= 15 is 0 Å². The van der Waals surface area contributed by atoms with E-state index < -0.39 is 35.7 Å². The lowest BCUT2D eigenvalue weighted by molar-refractivity contribution is -0.128. The van der Waals surface area contributed by atoms with Gasteiger partial charge in [-0.05, 0) is 42.8 Å². The van der Waals surface area contributed by atoms with Crippen LogP contribution in [0.25, 0.3) is 5.69 Å². The van der Waals surface area contributed by atoms with Crippen molar-refractivity contribution in [1.29, 1.82) is 0 Å². The van der Waals surface area contributed by atoms with Gasteiger partial charge in [0.15, 0.2) is 6.17 Å². The molecule has 2 heterocycles. The molecule has 2 unspecified atom stereocenters. The predicted octanol–water partition coefficient (Wildman–Crippen LogP) is 4.47. The van der Waals surface area contributed by atoms with E-state index in [4.69, 9.17) is 4.99 Å². The molecule has 1 aliphatic rings. The number of hydrogen-bond acceptors (Lipinski definition) is 3. The van der Waals surface area contributed by atoms with Crippen molar-refractivity contribution < 1.29 is 18.4 Å². The van der Waals surface area contributed by atoms with Gasteiger partial charge in [0.05, 0.1) is 23.5 Å². The van der Waals surface area contributed by atoms with E-state index in [9.17, 15) is 18.4 Å². The third kappa shape index (κ3) is 5.18. The average Bonchev–Trinajstić information content (AvgIpc) is 3.31. The van der Waals surface area contributed by atoms with Crippen LogP contribution in [0, 0.1) is 11.6 Å². The van der Waals surface area contributed by atoms with E-state index in [1.807, 2.05) is 77.5 Å². The maximum Gasteiger partial charge on any atom is 0.244 e. The van der Waals surface area contributed by atoms with Crippen molar-refractivity contribution in [3.05, 3.63) is 125 Å². The van der Waals surface area contributed by atoms with Crippen LogP contribution in [0.5, 0.6) is 0 Å². The third-order valence-corrected chi connectivity index (χ3v) is 6.12. The van der Waals surface area contributed by atoms with Gasteiger partial charge in [-0.1, -0.05) is 48.5 Å². The summed E-state index contributed by atoms with van der Waals surface area (Å²) in [6, 6.07) is 23.4. The molecule has 6 nitrogen and oxygen atoms in total. The first-order valence-corrected chi connectivity index (χ1v) is 11.8. The number of aliphatic imine (C=N–C) groups is 1. The molecule has 4 aromatic rings. The largest absolute Gasteiger partial charge is 0.344 e. The smallest absolute Gasteiger partial charge is 0.244 e. The lowest BCUT2D eigenvalue weighted by atomic mass is 10.0. The number of rotatable bonds is 6. The number of nitrogens with one attached hydrogen (secondary N) is 2. The molecule has 186 valence electrons. The zero-order chi connectivity index (χ0) is 25.9. The summed E-state index contributed by atoms with van der Waals surface area (Å²) in [4.78, 5) is 30.6. The van der Waals surface area contributed by atoms with Gasteiger partial charge in [-0.2, -0.15) is 0 Å². The fourth-order valence-electron chi connectivity index (χ4n) is 4.43. The molecular formula is C29H24F2N4O2. The van der Waals surface area contributed by atoms with Crippen LogP contribution in [0.15, 0.2) is 96.1 Å². The van der Waals surface area contributed by atoms with Crippen molar-refractivity contribution >= 4 is 17.5 Å². The Balaban J connectivity index is 1.39. The maximum absolute atomic E-state index is 13.5. The average molecular weight is 499 g/mol. The fraction of sp³-hybridized carbons (Fsp3) is 0.138. The molecule has 0 spiro atoms. The SMILES string of the molecule is CC(NC(=O)Cc1cc(F)cc(F)c1)C(=O)NC1N=C(c2ccccc2)c2ccccc2-n2cccc21. The molecule has 2 N–H and O–H groups in total. The molecule has 5 rings (SSSR count). The van der Waals surface area contributed by atoms with Gasteiger partial charge in [-0.25, -0.2) is 8.78 Å². The quantitative estimate of drug-likeness (QED) is 0.412. The van der Waals surface area contributed by atoms with Crippen LogP contribution in [0.2, 0.25) is 0 Å². The molecule has 0 fully saturated rings. The van der Waals surface area contributed by atoms with Crippen LogP contribution in [0.1, 0.15) is 35.5 Å². The summed E-state index contributed by atoms with van der Waals surface area (Å²) in [7, 11) is 0. The molecule has 1 aliphatic heterocycles. The molecule has 2 atom stereocenters. The molecule has 0 aliphatic carbocycles. The molecule has 8 heteroatoms. The molecule has 3 aromatic carbocycles. The molecule has 1 aromatic heterocycles. The van der Waals surface area contributed by atoms with Gasteiger partial charge in [0.2, 0.25) is 11.8 Å². The van der Waals surface area contributed by atoms with Crippen molar-refractivity contribution in [2.75, 3.05) is 0 Å². The van der Waals surface area contributed by atoms with E-state index in [-0.39, 0.29) is 12.0 Å². The Kier molecular flexibility index (Phi) is 6.64. The zero-order valence-corrected chi connectivity index (χ0v) is 20.0. The second-order valence-electron chi connectivity index (χ2n) is 8.82. The minimum atomic E-state index is -0.907. The monoisotopic (exact) mass is 498 g/mol. The topological polar surface area (TPSA) is 75.5 Å². The second kappa shape index (κ2) is 10.2. The number of carbonyl (C=O) groups excluding carboxylic acids is 2. The number of hydrogen-bond donors (Lipinski definition) is 2. The van der Waals surface area contributed by atoms with Crippen LogP contribution in [0.3, 0.4) is 0 Å². The highest BCUT2D eigenvalue weighted by Gasteiger charge is 2.27. The summed E-state index contributed by atoms with van der Waals surface area (Å²) in [5.74, 6) is -2.51. The van der Waals surface area contributed by atoms with Crippen molar-refractivity contribution in [3.8, 4) is 5.69 Å². The molecule has 0 radical (unpaired) electrons. The minimum Gasteiger partial charge on any atom is -0.344 e. The van der Waals surface area contributed by atoms with Gasteiger partial charge < -0.3 is 15.2 Å². The van der Waals surface area contributed by atoms with Crippen LogP contribution >= 0.6 is 0 Å². The summed E-state index contributed by atoms with van der Waals surface area (Å²) in [6.07, 6.45) is 0.936. The summed E-state index contributed by atoms with van der Waals surface area (Å²) in [6.45, 7) is 1.55. The first-order valence-electron chi connectivity index (χ1n) is 11.8.